The number of likely N-dealkylation sites (N-methyl/N-ethyl adjacent to an activating group) is 1. The van der Waals surface area contributed by atoms with E-state index in [1.54, 1.807) is 0 Å². The Hall–Kier alpha value is -2.90. The Morgan fingerprint density at radius 3 is 1.49 bits per heavy atom. The fourth-order valence-electron chi connectivity index (χ4n) is 6.06. The number of nitrogens with zero attached hydrogens (tertiary/aromatic N) is 3. The van der Waals surface area contributed by atoms with E-state index in [0.717, 1.165) is 54.6 Å². The number of Topliss-reactive ketones (excluding diaryl/α,β-unsaturated/α-hetero) is 2. The van der Waals surface area contributed by atoms with Crippen LogP contribution in [-0.2, 0) is 40.5 Å². The molecule has 31 heteroatoms. The van der Waals surface area contributed by atoms with Crippen LogP contribution >= 0.6 is 0 Å². The van der Waals surface area contributed by atoms with Gasteiger partial charge in [-0.15, -0.1) is 0 Å². The molecule has 0 spiro atoms. The molecule has 23 nitrogen and oxygen atoms in total. The Labute approximate surface area is 480 Å². The van der Waals surface area contributed by atoms with Gasteiger partial charge in [-0.25, -0.2) is 33.7 Å². The van der Waals surface area contributed by atoms with E-state index >= 15 is 0 Å². The Bertz CT molecular complexity index is 3280. The molecule has 8 N–H and O–H groups in total. The van der Waals surface area contributed by atoms with Gasteiger partial charge in [0.2, 0.25) is 11.6 Å². The molecule has 6 rings (SSSR count). The number of nitrogens with two attached hydrogens (primary N) is 2. The fraction of sp³-hybridized carbons (Fsp3) is 0.128. The molecule has 0 aromatic heterocycles. The molecule has 2 aliphatic carbocycles. The second-order valence-corrected chi connectivity index (χ2v) is 19.3. The molecule has 0 unspecified atom stereocenters. The van der Waals surface area contributed by atoms with Gasteiger partial charge in [-0.2, -0.15) is 10.2 Å². The summed E-state index contributed by atoms with van der Waals surface area (Å²) in [6.07, 6.45) is 3.91. The number of hydrogen-bond acceptors (Lipinski definition) is 23. The summed E-state index contributed by atoms with van der Waals surface area (Å²) in [6, 6.07) is 13.7. The van der Waals surface area contributed by atoms with Crippen LogP contribution in [-0.4, -0.2) is 123 Å². The molecule has 2 aliphatic rings. The third-order valence-corrected chi connectivity index (χ3v) is 12.7. The number of benzene rings is 4. The monoisotopic (exact) mass is 1060 g/mol. The minimum atomic E-state index is -5.36. The standard InChI is InChI=1S/C34H26N6O14S4.C5H13NO2.Li.3Na/c35-21-7-4-19-12-29(57(49,50)51)31(33(41)24(19)14-21)39-37-23-9-6-18(27(16-23)55(43,44)45)3-1-17-2-10-26(28(11-17)56(46,47)48)38-40-32-30(58(52,53)54)13-20-5-8-22(36)15-25(20)34(32)42;1-6(2-4-7)3-5-8;;;;/h1-16,37-38H,35-36H2,(H,43,44,45)(H,46,47,48)(H,49,50,51)(H,52,53,54);7-8H,2-5H2,1H3;;;;/q;;4*+1/p-4. The van der Waals surface area contributed by atoms with Gasteiger partial charge >= 0.3 is 108 Å². The minimum Gasteiger partial charge on any atom is -0.744 e. The molecule has 0 aliphatic heterocycles. The topological polar surface area (TPSA) is 407 Å². The largest absolute Gasteiger partial charge is 1.00 e. The molecule has 0 fully saturated rings. The predicted molar refractivity (Wildman–Crippen MR) is 237 cm³/mol. The zero-order chi connectivity index (χ0) is 48.9. The van der Waals surface area contributed by atoms with Crippen LogP contribution in [0.5, 0.6) is 0 Å². The fourth-order valence-corrected chi connectivity index (χ4v) is 8.71. The maximum atomic E-state index is 13.2. The van der Waals surface area contributed by atoms with Gasteiger partial charge < -0.3 is 44.8 Å². The number of carbonyl (C=O) groups is 2. The summed E-state index contributed by atoms with van der Waals surface area (Å²) in [6.45, 7) is 1.61. The molecule has 70 heavy (non-hydrogen) atoms. The minimum absolute atomic E-state index is 0. The second-order valence-electron chi connectivity index (χ2n) is 13.9. The molecule has 350 valence electrons. The van der Waals surface area contributed by atoms with Crippen molar-refractivity contribution >= 4 is 111 Å². The van der Waals surface area contributed by atoms with E-state index in [4.69, 9.17) is 21.7 Å². The number of fused-ring (bicyclic) bond motifs is 2. The van der Waals surface area contributed by atoms with Crippen LogP contribution in [0.1, 0.15) is 43.0 Å². The van der Waals surface area contributed by atoms with Crippen LogP contribution in [0.3, 0.4) is 0 Å². The number of nitrogen functional groups attached to an aromatic ring is 2. The molecule has 0 atom stereocenters. The van der Waals surface area contributed by atoms with Gasteiger partial charge in [-0.05, 0) is 90.0 Å². The second kappa shape index (κ2) is 26.9. The van der Waals surface area contributed by atoms with Gasteiger partial charge in [0, 0.05) is 35.6 Å². The number of hydrazone groups is 2. The first-order chi connectivity index (χ1) is 30.7. The summed E-state index contributed by atoms with van der Waals surface area (Å²) in [7, 11) is -19.4. The number of rotatable bonds is 14. The van der Waals surface area contributed by atoms with Crippen molar-refractivity contribution in [2.75, 3.05) is 55.7 Å². The summed E-state index contributed by atoms with van der Waals surface area (Å²) in [5.74, 6) is -2.07. The zero-order valence-corrected chi connectivity index (χ0v) is 47.1. The van der Waals surface area contributed by atoms with E-state index < -0.39 is 88.8 Å². The number of nitrogens with one attached hydrogen (secondary N) is 2. The van der Waals surface area contributed by atoms with E-state index in [9.17, 15) is 61.5 Å². The summed E-state index contributed by atoms with van der Waals surface area (Å²) < 4.78 is 146. The molecule has 0 heterocycles. The number of aliphatic hydroxyl groups is 2. The summed E-state index contributed by atoms with van der Waals surface area (Å²) in [5, 5.41) is 24.0. The normalized spacial score (nSPS) is 14.6. The van der Waals surface area contributed by atoms with Crippen LogP contribution in [0.25, 0.3) is 24.3 Å². The molecule has 0 saturated carbocycles. The van der Waals surface area contributed by atoms with Crippen molar-refractivity contribution in [1.82, 2.24) is 4.90 Å². The number of carbonyl (C=O) groups excluding carboxylic acids is 2. The molecule has 0 amide bonds. The van der Waals surface area contributed by atoms with Gasteiger partial charge in [-0.3, -0.25) is 20.4 Å². The number of allylic oxidation sites excluding steroid dienone is 2. The van der Waals surface area contributed by atoms with E-state index in [0.29, 0.717) is 13.1 Å². The number of ketones is 2. The van der Waals surface area contributed by atoms with E-state index in [2.05, 4.69) is 21.1 Å². The molecule has 4 aromatic carbocycles. The Morgan fingerprint density at radius 1 is 0.600 bits per heavy atom. The maximum Gasteiger partial charge on any atom is 1.00 e. The van der Waals surface area contributed by atoms with Crippen molar-refractivity contribution in [3.8, 4) is 0 Å². The number of anilines is 4. The van der Waals surface area contributed by atoms with Crippen LogP contribution in [0, 0.1) is 0 Å². The first-order valence-corrected chi connectivity index (χ1v) is 24.1. The van der Waals surface area contributed by atoms with Crippen LogP contribution in [0.2, 0.25) is 0 Å². The van der Waals surface area contributed by atoms with Gasteiger partial charge in [-0.1, -0.05) is 36.4 Å². The molecular weight excluding hydrogens is 1030 g/mol. The summed E-state index contributed by atoms with van der Waals surface area (Å²) in [5.41, 5.74) is 13.0. The molecular formula is C39H35LiN7Na3O16S4. The van der Waals surface area contributed by atoms with Gasteiger partial charge in [0.25, 0.3) is 0 Å². The zero-order valence-electron chi connectivity index (χ0n) is 37.8. The van der Waals surface area contributed by atoms with Gasteiger partial charge in [0.05, 0.1) is 44.2 Å². The average molecular weight is 1060 g/mol. The molecule has 4 aromatic rings. The Balaban J connectivity index is 0.00000188. The SMILES string of the molecule is CN(CCO)CCO.Nc1ccc2c(c1)C(=O)C(=NNc1ccc(C=Cc3ccc(NN=C4C(=O)c5cc(N)ccc5C=C4S(=O)(=O)[O-])c(S(=O)(=O)[O-])c3)c(S(=O)(=O)[O-])c1)C(S(=O)(=O)[O-])=C2.[Li+].[Na+].[Na+].[Na+]. The third kappa shape index (κ3) is 16.8. The Morgan fingerprint density at radius 2 is 1.06 bits per heavy atom. The summed E-state index contributed by atoms with van der Waals surface area (Å²) in [4.78, 5) is 24.2. The molecule has 0 radical (unpaired) electrons. The van der Waals surface area contributed by atoms with Crippen molar-refractivity contribution in [2.45, 2.75) is 9.79 Å². The summed E-state index contributed by atoms with van der Waals surface area (Å²) >= 11 is 0. The van der Waals surface area contributed by atoms with Crippen LogP contribution in [0.15, 0.2) is 103 Å². The average Bonchev–Trinajstić information content (AvgIpc) is 3.22. The van der Waals surface area contributed by atoms with E-state index in [1.165, 1.54) is 42.5 Å². The first-order valence-electron chi connectivity index (χ1n) is 18.4. The predicted octanol–water partition coefficient (Wildman–Crippen LogP) is -11.2. The van der Waals surface area contributed by atoms with Crippen molar-refractivity contribution < 1.29 is 179 Å². The third-order valence-electron chi connectivity index (χ3n) is 9.21. The molecule has 0 bridgehead atoms. The van der Waals surface area contributed by atoms with Crippen molar-refractivity contribution in [2.24, 2.45) is 10.2 Å². The van der Waals surface area contributed by atoms with E-state index in [1.807, 2.05) is 11.9 Å². The van der Waals surface area contributed by atoms with E-state index in [-0.39, 0.29) is 171 Å². The number of aliphatic hydroxyl groups excluding tert-OH is 2. The van der Waals surface area contributed by atoms with Crippen molar-refractivity contribution in [3.63, 3.8) is 0 Å². The quantitative estimate of drug-likeness (QED) is 0.0224. The molecule has 0 saturated heterocycles. The number of hydrogen-bond donors (Lipinski definition) is 6. The maximum absolute atomic E-state index is 13.2. The van der Waals surface area contributed by atoms with Crippen molar-refractivity contribution in [1.29, 1.82) is 0 Å². The van der Waals surface area contributed by atoms with Crippen LogP contribution in [0.4, 0.5) is 22.7 Å². The van der Waals surface area contributed by atoms with Crippen molar-refractivity contribution in [3.05, 3.63) is 116 Å². The van der Waals surface area contributed by atoms with Gasteiger partial charge in [0.15, 0.2) is 0 Å². The smallest absolute Gasteiger partial charge is 0.744 e. The van der Waals surface area contributed by atoms with Crippen LogP contribution < -0.4 is 130 Å². The Kier molecular flexibility index (Phi) is 25.0. The first kappa shape index (κ1) is 65.1. The van der Waals surface area contributed by atoms with Gasteiger partial charge in [0.1, 0.15) is 51.9 Å².